The van der Waals surface area contributed by atoms with Gasteiger partial charge in [0, 0.05) is 87.8 Å². The number of furan rings is 3. The van der Waals surface area contributed by atoms with Gasteiger partial charge in [0.1, 0.15) is 33.5 Å². The summed E-state index contributed by atoms with van der Waals surface area (Å²) in [6.45, 7) is 4.58. The molecule has 0 N–H and O–H groups in total. The van der Waals surface area contributed by atoms with Gasteiger partial charge in [0.25, 0.3) is 0 Å². The molecule has 25 aromatic rings. The summed E-state index contributed by atoms with van der Waals surface area (Å²) in [5.41, 5.74) is 35.3. The maximum atomic E-state index is 6.25. The molecule has 0 radical (unpaired) electrons. The molecule has 0 unspecified atom stereocenters. The van der Waals surface area contributed by atoms with Gasteiger partial charge in [-0.25, -0.2) is 44.9 Å². The minimum absolute atomic E-state index is 0.0497. The van der Waals surface area contributed by atoms with Gasteiger partial charge in [-0.05, 0) is 173 Å². The third-order valence-electron chi connectivity index (χ3n) is 28.7. The van der Waals surface area contributed by atoms with Crippen molar-refractivity contribution in [1.82, 2.24) is 44.9 Å². The molecular formula is C128H81N9O3. The first kappa shape index (κ1) is 81.2. The lowest BCUT2D eigenvalue weighted by Crippen LogP contribution is -2.28. The van der Waals surface area contributed by atoms with Crippen LogP contribution in [0.4, 0.5) is 0 Å². The van der Waals surface area contributed by atoms with Crippen LogP contribution in [-0.2, 0) is 16.2 Å². The van der Waals surface area contributed by atoms with E-state index in [4.69, 9.17) is 58.1 Å². The van der Waals surface area contributed by atoms with Gasteiger partial charge in [-0.1, -0.05) is 396 Å². The van der Waals surface area contributed by atoms with Gasteiger partial charge in [-0.15, -0.1) is 0 Å². The van der Waals surface area contributed by atoms with Crippen LogP contribution in [0.3, 0.4) is 0 Å². The Morgan fingerprint density at radius 2 is 0.357 bits per heavy atom. The van der Waals surface area contributed by atoms with Crippen LogP contribution in [-0.4, -0.2) is 44.9 Å². The number of hydrogen-bond donors (Lipinski definition) is 0. The molecule has 0 fully saturated rings. The molecule has 1 spiro atoms. The summed E-state index contributed by atoms with van der Waals surface area (Å²) in [4.78, 5) is 45.4. The molecule has 0 atom stereocenters. The zero-order valence-electron chi connectivity index (χ0n) is 76.1. The van der Waals surface area contributed by atoms with Crippen molar-refractivity contribution in [2.24, 2.45) is 0 Å². The van der Waals surface area contributed by atoms with E-state index in [9.17, 15) is 0 Å². The number of nitrogens with zero attached hydrogens (tertiary/aromatic N) is 9. The Hall–Kier alpha value is -18.4. The van der Waals surface area contributed by atoms with Crippen LogP contribution in [0.1, 0.15) is 69.5 Å². The topological polar surface area (TPSA) is 155 Å². The Bertz CT molecular complexity index is 8940. The van der Waals surface area contributed by atoms with Crippen molar-refractivity contribution in [3.8, 4) is 147 Å². The molecule has 12 heteroatoms. The van der Waals surface area contributed by atoms with Crippen LogP contribution < -0.4 is 0 Å². The third kappa shape index (κ3) is 13.0. The average Bonchev–Trinajstić information content (AvgIpc) is 1.51. The summed E-state index contributed by atoms with van der Waals surface area (Å²) < 4.78 is 18.7. The van der Waals surface area contributed by atoms with Crippen molar-refractivity contribution in [2.75, 3.05) is 0 Å². The van der Waals surface area contributed by atoms with E-state index in [0.29, 0.717) is 52.4 Å². The normalized spacial score (nSPS) is 13.2. The highest BCUT2D eigenvalue weighted by atomic mass is 16.3. The monoisotopic (exact) mass is 1790 g/mol. The molecule has 4 aliphatic rings. The Morgan fingerprint density at radius 3 is 0.693 bits per heavy atom. The minimum Gasteiger partial charge on any atom is -0.456 e. The van der Waals surface area contributed by atoms with Crippen molar-refractivity contribution in [3.63, 3.8) is 0 Å². The van der Waals surface area contributed by atoms with Crippen molar-refractivity contribution in [3.05, 3.63) is 511 Å². The van der Waals surface area contributed by atoms with Crippen LogP contribution >= 0.6 is 0 Å². The van der Waals surface area contributed by atoms with E-state index in [1.165, 1.54) is 100 Å². The van der Waals surface area contributed by atoms with Crippen molar-refractivity contribution in [2.45, 2.75) is 30.1 Å². The highest BCUT2D eigenvalue weighted by Crippen LogP contribution is 2.64. The molecule has 0 amide bonds. The molecule has 6 aromatic heterocycles. The maximum Gasteiger partial charge on any atom is 0.164 e. The zero-order chi connectivity index (χ0) is 92.7. The zero-order valence-corrected chi connectivity index (χ0v) is 76.1. The molecule has 0 aliphatic heterocycles. The Balaban J connectivity index is 0.000000106. The van der Waals surface area contributed by atoms with Gasteiger partial charge in [0.15, 0.2) is 52.4 Å². The predicted molar refractivity (Wildman–Crippen MR) is 561 cm³/mol. The van der Waals surface area contributed by atoms with Gasteiger partial charge < -0.3 is 13.3 Å². The first-order valence-corrected chi connectivity index (χ1v) is 47.4. The van der Waals surface area contributed by atoms with Crippen LogP contribution in [0.15, 0.2) is 468 Å². The second-order valence-electron chi connectivity index (χ2n) is 36.8. The van der Waals surface area contributed by atoms with E-state index in [-0.39, 0.29) is 10.8 Å². The van der Waals surface area contributed by atoms with Crippen LogP contribution in [0.5, 0.6) is 0 Å². The average molecular weight is 1790 g/mol. The standard InChI is InChI=1S/C46H27N3O.C46H29N3O.C36H25N3O/c1-2-12-28(13-3-1)43-47-44(49-45(48-43)30-22-24-35-34-17-7-11-21-41(34)50-42(35)27-30)29-23-25-40-36(26-29)33-16-6-10-20-39(33)46(40)37-18-8-4-14-31(37)32-15-5-9-19-38(32)46;1-4-14-30(15-5-1)43-47-44(49-45(48-43)32-24-26-37-36-21-11-13-23-41(36)50-42(37)29-32)31-25-27-40-38(28-31)35-20-10-12-22-39(35)46(40,33-16-6-2-7-17-33)34-18-8-3-9-19-34;1-36(2)29-14-8-6-12-25(29)28-20-23(17-19-30(28)36)34-37-33(22-10-4-3-5-11-22)38-35(39-34)24-16-18-27-26-13-7-9-15-31(26)40-32(27)21-24/h1-27H;1-29H;3-21H,1-2H3. The molecule has 140 heavy (non-hydrogen) atoms. The summed E-state index contributed by atoms with van der Waals surface area (Å²) >= 11 is 0. The highest BCUT2D eigenvalue weighted by molar-refractivity contribution is 6.09. The Labute approximate surface area is 806 Å². The van der Waals surface area contributed by atoms with Crippen molar-refractivity contribution >= 4 is 65.8 Å². The van der Waals surface area contributed by atoms with E-state index in [1.807, 2.05) is 164 Å². The van der Waals surface area contributed by atoms with E-state index >= 15 is 0 Å². The lowest BCUT2D eigenvalue weighted by molar-refractivity contribution is 0.660. The Kier molecular flexibility index (Phi) is 18.8. The fraction of sp³-hybridized carbons (Fsp3) is 0.0391. The second-order valence-corrected chi connectivity index (χ2v) is 36.8. The summed E-state index contributed by atoms with van der Waals surface area (Å²) in [5, 5.41) is 6.51. The number of rotatable bonds is 11. The predicted octanol–water partition coefficient (Wildman–Crippen LogP) is 31.3. The highest BCUT2D eigenvalue weighted by Gasteiger charge is 2.52. The van der Waals surface area contributed by atoms with Crippen LogP contribution in [0, 0.1) is 0 Å². The molecular weight excluding hydrogens is 1710 g/mol. The maximum absolute atomic E-state index is 6.25. The number of aromatic nitrogens is 9. The molecule has 4 aliphatic carbocycles. The minimum atomic E-state index is -0.464. The molecule has 0 saturated carbocycles. The molecule has 12 nitrogen and oxygen atoms in total. The second kappa shape index (κ2) is 32.4. The van der Waals surface area contributed by atoms with Crippen LogP contribution in [0.25, 0.3) is 213 Å². The van der Waals surface area contributed by atoms with E-state index in [0.717, 1.165) is 116 Å². The van der Waals surface area contributed by atoms with E-state index in [2.05, 4.69) is 305 Å². The van der Waals surface area contributed by atoms with Gasteiger partial charge in [0.05, 0.1) is 10.8 Å². The quantitative estimate of drug-likeness (QED) is 0.121. The number of para-hydroxylation sites is 3. The lowest BCUT2D eigenvalue weighted by Gasteiger charge is -2.33. The summed E-state index contributed by atoms with van der Waals surface area (Å²) in [6, 6.07) is 159. The van der Waals surface area contributed by atoms with Gasteiger partial charge in [0.2, 0.25) is 0 Å². The Morgan fingerprint density at radius 1 is 0.150 bits per heavy atom. The van der Waals surface area contributed by atoms with E-state index < -0.39 is 5.41 Å². The van der Waals surface area contributed by atoms with Gasteiger partial charge in [-0.3, -0.25) is 0 Å². The first-order valence-electron chi connectivity index (χ1n) is 47.4. The number of hydrogen-bond acceptors (Lipinski definition) is 12. The molecule has 29 rings (SSSR count). The van der Waals surface area contributed by atoms with Crippen molar-refractivity contribution < 1.29 is 13.3 Å². The SMILES string of the molecule is CC1(C)c2ccccc2-c2cc(-c3nc(-c4ccccc4)nc(-c4ccc5c(c4)oc4ccccc45)n3)ccc21.c1ccc(-c2nc(-c3ccc4c(c3)-c3ccccc3C4(c3ccccc3)c3ccccc3)nc(-c3ccc4c(c3)oc3ccccc34)n2)cc1.c1ccc(-c2nc(-c3ccc4c(c3)-c3ccccc3C43c4ccccc4-c4ccccc43)nc(-c3ccc4c(c3)oc3ccccc34)n2)cc1. The molecule has 6 heterocycles. The summed E-state index contributed by atoms with van der Waals surface area (Å²) in [6.07, 6.45) is 0. The number of fused-ring (bicyclic) bond motifs is 25. The van der Waals surface area contributed by atoms with Gasteiger partial charge >= 0.3 is 0 Å². The van der Waals surface area contributed by atoms with Crippen molar-refractivity contribution in [1.29, 1.82) is 0 Å². The fourth-order valence-corrected chi connectivity index (χ4v) is 22.3. The summed E-state index contributed by atoms with van der Waals surface area (Å²) in [5.74, 6) is 5.62. The number of benzene rings is 19. The smallest absolute Gasteiger partial charge is 0.164 e. The largest absolute Gasteiger partial charge is 0.456 e. The van der Waals surface area contributed by atoms with Crippen LogP contribution in [0.2, 0.25) is 0 Å². The van der Waals surface area contributed by atoms with E-state index in [1.54, 1.807) is 0 Å². The summed E-state index contributed by atoms with van der Waals surface area (Å²) in [7, 11) is 0. The third-order valence-corrected chi connectivity index (χ3v) is 28.7. The molecule has 656 valence electrons. The first-order chi connectivity index (χ1) is 69.1. The molecule has 19 aromatic carbocycles. The molecule has 0 bridgehead atoms. The lowest BCUT2D eigenvalue weighted by atomic mass is 9.67. The van der Waals surface area contributed by atoms with Gasteiger partial charge in [-0.2, -0.15) is 0 Å². The molecule has 0 saturated heterocycles. The fourth-order valence-electron chi connectivity index (χ4n) is 22.3.